The molecule has 0 aliphatic heterocycles. The molecule has 4 heteroatoms. The Morgan fingerprint density at radius 3 is 2.56 bits per heavy atom. The summed E-state index contributed by atoms with van der Waals surface area (Å²) in [5, 5.41) is 3.03. The predicted octanol–water partition coefficient (Wildman–Crippen LogP) is 1.52. The number of benzene rings is 1. The summed E-state index contributed by atoms with van der Waals surface area (Å²) < 4.78 is 23.6. The average molecular weight is 241 g/mol. The molecule has 0 aliphatic rings. The van der Waals surface area contributed by atoms with Crippen LogP contribution in [0.5, 0.6) is 0 Å². The molecule has 0 atom stereocenters. The molecular weight excluding hydrogens is 222 g/mol. The highest BCUT2D eigenvalue weighted by Crippen LogP contribution is 2.11. The van der Waals surface area contributed by atoms with Crippen LogP contribution in [0.1, 0.15) is 18.1 Å². The van der Waals surface area contributed by atoms with Crippen LogP contribution in [0.2, 0.25) is 0 Å². The van der Waals surface area contributed by atoms with Gasteiger partial charge in [0.15, 0.2) is 9.84 Å². The van der Waals surface area contributed by atoms with Crippen LogP contribution in [0, 0.1) is 6.92 Å². The first-order valence-corrected chi connectivity index (χ1v) is 7.33. The molecule has 1 rings (SSSR count). The van der Waals surface area contributed by atoms with E-state index in [0.29, 0.717) is 6.54 Å². The van der Waals surface area contributed by atoms with E-state index in [1.54, 1.807) is 0 Å². The van der Waals surface area contributed by atoms with E-state index in [-0.39, 0.29) is 11.5 Å². The van der Waals surface area contributed by atoms with Gasteiger partial charge in [-0.2, -0.15) is 0 Å². The summed E-state index contributed by atoms with van der Waals surface area (Å²) in [6.07, 6.45) is 0. The molecule has 0 fully saturated rings. The number of rotatable bonds is 6. The minimum atomic E-state index is -2.99. The van der Waals surface area contributed by atoms with Crippen molar-refractivity contribution in [2.24, 2.45) is 0 Å². The van der Waals surface area contributed by atoms with Crippen molar-refractivity contribution in [3.05, 3.63) is 35.4 Å². The molecule has 0 unspecified atom stereocenters. The number of hydrogen-bond acceptors (Lipinski definition) is 3. The smallest absolute Gasteiger partial charge is 0.155 e. The van der Waals surface area contributed by atoms with Crippen LogP contribution in [-0.4, -0.2) is 27.3 Å². The van der Waals surface area contributed by atoms with Crippen molar-refractivity contribution < 1.29 is 8.42 Å². The van der Waals surface area contributed by atoms with E-state index < -0.39 is 9.84 Å². The van der Waals surface area contributed by atoms with Gasteiger partial charge in [0, 0.05) is 6.54 Å². The van der Waals surface area contributed by atoms with Crippen LogP contribution < -0.4 is 5.32 Å². The molecule has 16 heavy (non-hydrogen) atoms. The number of hydrogen-bond donors (Lipinski definition) is 1. The van der Waals surface area contributed by atoms with Gasteiger partial charge in [0.25, 0.3) is 0 Å². The maximum Gasteiger partial charge on any atom is 0.155 e. The molecule has 1 N–H and O–H groups in total. The third kappa shape index (κ3) is 4.33. The Bertz CT molecular complexity index is 426. The van der Waals surface area contributed by atoms with E-state index in [0.717, 1.165) is 17.7 Å². The lowest BCUT2D eigenvalue weighted by Gasteiger charge is -2.07. The minimum absolute atomic E-state index is 0.144. The quantitative estimate of drug-likeness (QED) is 0.768. The van der Waals surface area contributed by atoms with Gasteiger partial charge in [-0.1, -0.05) is 31.2 Å². The zero-order valence-corrected chi connectivity index (χ0v) is 10.7. The summed E-state index contributed by atoms with van der Waals surface area (Å²) in [7, 11) is -2.99. The highest BCUT2D eigenvalue weighted by Gasteiger charge is 2.12. The zero-order chi connectivity index (χ0) is 12.0. The SMILES string of the molecule is CCNCCS(=O)(=O)Cc1ccccc1C. The molecule has 3 nitrogen and oxygen atoms in total. The molecule has 0 aliphatic carbocycles. The molecule has 1 aromatic carbocycles. The zero-order valence-electron chi connectivity index (χ0n) is 9.86. The first kappa shape index (κ1) is 13.2. The average Bonchev–Trinajstić information content (AvgIpc) is 2.21. The lowest BCUT2D eigenvalue weighted by molar-refractivity contribution is 0.591. The molecule has 0 amide bonds. The van der Waals surface area contributed by atoms with E-state index in [1.807, 2.05) is 38.1 Å². The Kier molecular flexibility index (Phi) is 4.96. The molecule has 0 spiro atoms. The molecule has 0 bridgehead atoms. The largest absolute Gasteiger partial charge is 0.316 e. The Hall–Kier alpha value is -0.870. The Morgan fingerprint density at radius 2 is 1.94 bits per heavy atom. The molecule has 0 heterocycles. The first-order chi connectivity index (χ1) is 7.55. The third-order valence-electron chi connectivity index (χ3n) is 2.48. The summed E-state index contributed by atoms with van der Waals surface area (Å²) >= 11 is 0. The monoisotopic (exact) mass is 241 g/mol. The molecular formula is C12H19NO2S. The summed E-state index contributed by atoms with van der Waals surface area (Å²) in [6.45, 7) is 5.24. The van der Waals surface area contributed by atoms with Gasteiger partial charge in [0.1, 0.15) is 0 Å². The summed E-state index contributed by atoms with van der Waals surface area (Å²) in [4.78, 5) is 0. The molecule has 0 saturated heterocycles. The van der Waals surface area contributed by atoms with Gasteiger partial charge in [0.05, 0.1) is 11.5 Å². The van der Waals surface area contributed by atoms with Crippen LogP contribution in [0.25, 0.3) is 0 Å². The van der Waals surface area contributed by atoms with Crippen LogP contribution in [0.4, 0.5) is 0 Å². The highest BCUT2D eigenvalue weighted by molar-refractivity contribution is 7.90. The summed E-state index contributed by atoms with van der Waals surface area (Å²) in [5.41, 5.74) is 1.94. The fraction of sp³-hybridized carbons (Fsp3) is 0.500. The predicted molar refractivity (Wildman–Crippen MR) is 67.2 cm³/mol. The third-order valence-corrected chi connectivity index (χ3v) is 4.05. The van der Waals surface area contributed by atoms with Crippen molar-refractivity contribution in [1.82, 2.24) is 5.32 Å². The van der Waals surface area contributed by atoms with Gasteiger partial charge in [0.2, 0.25) is 0 Å². The molecule has 1 aromatic rings. The number of nitrogens with one attached hydrogen (secondary N) is 1. The lowest BCUT2D eigenvalue weighted by Crippen LogP contribution is -2.23. The lowest BCUT2D eigenvalue weighted by atomic mass is 10.1. The van der Waals surface area contributed by atoms with Gasteiger partial charge in [-0.25, -0.2) is 8.42 Å². The van der Waals surface area contributed by atoms with Gasteiger partial charge in [-0.3, -0.25) is 0 Å². The normalized spacial score (nSPS) is 11.6. The maximum atomic E-state index is 11.8. The Morgan fingerprint density at radius 1 is 1.25 bits per heavy atom. The molecule has 0 aromatic heterocycles. The van der Waals surface area contributed by atoms with Crippen molar-refractivity contribution in [3.63, 3.8) is 0 Å². The van der Waals surface area contributed by atoms with Crippen LogP contribution in [0.15, 0.2) is 24.3 Å². The second-order valence-electron chi connectivity index (χ2n) is 3.87. The minimum Gasteiger partial charge on any atom is -0.316 e. The van der Waals surface area contributed by atoms with Crippen molar-refractivity contribution in [3.8, 4) is 0 Å². The number of aryl methyl sites for hydroxylation is 1. The van der Waals surface area contributed by atoms with Gasteiger partial charge in [-0.05, 0) is 24.6 Å². The molecule has 90 valence electrons. The second-order valence-corrected chi connectivity index (χ2v) is 6.06. The van der Waals surface area contributed by atoms with Gasteiger partial charge >= 0.3 is 0 Å². The van der Waals surface area contributed by atoms with Crippen LogP contribution in [-0.2, 0) is 15.6 Å². The van der Waals surface area contributed by atoms with Crippen LogP contribution >= 0.6 is 0 Å². The van der Waals surface area contributed by atoms with Crippen molar-refractivity contribution in [2.45, 2.75) is 19.6 Å². The van der Waals surface area contributed by atoms with E-state index in [9.17, 15) is 8.42 Å². The van der Waals surface area contributed by atoms with E-state index in [4.69, 9.17) is 0 Å². The molecule has 0 radical (unpaired) electrons. The second kappa shape index (κ2) is 6.01. The topological polar surface area (TPSA) is 46.2 Å². The summed E-state index contributed by atoms with van der Waals surface area (Å²) in [6, 6.07) is 7.61. The maximum absolute atomic E-state index is 11.8. The van der Waals surface area contributed by atoms with Crippen molar-refractivity contribution in [2.75, 3.05) is 18.8 Å². The van der Waals surface area contributed by atoms with Crippen molar-refractivity contribution >= 4 is 9.84 Å². The standard InChI is InChI=1S/C12H19NO2S/c1-3-13-8-9-16(14,15)10-12-7-5-4-6-11(12)2/h4-7,13H,3,8-10H2,1-2H3. The van der Waals surface area contributed by atoms with E-state index in [2.05, 4.69) is 5.32 Å². The van der Waals surface area contributed by atoms with Gasteiger partial charge in [-0.15, -0.1) is 0 Å². The Labute approximate surface area is 97.8 Å². The highest BCUT2D eigenvalue weighted by atomic mass is 32.2. The Balaban J connectivity index is 2.63. The van der Waals surface area contributed by atoms with E-state index in [1.165, 1.54) is 0 Å². The fourth-order valence-corrected chi connectivity index (χ4v) is 2.88. The summed E-state index contributed by atoms with van der Waals surface area (Å²) in [5.74, 6) is 0.347. The molecule has 0 saturated carbocycles. The first-order valence-electron chi connectivity index (χ1n) is 5.51. The van der Waals surface area contributed by atoms with Gasteiger partial charge < -0.3 is 5.32 Å². The number of sulfone groups is 1. The fourth-order valence-electron chi connectivity index (χ4n) is 1.49. The van der Waals surface area contributed by atoms with Crippen molar-refractivity contribution in [1.29, 1.82) is 0 Å². The van der Waals surface area contributed by atoms with E-state index >= 15 is 0 Å². The van der Waals surface area contributed by atoms with Crippen LogP contribution in [0.3, 0.4) is 0 Å².